The fourth-order valence-electron chi connectivity index (χ4n) is 2.83. The van der Waals surface area contributed by atoms with E-state index in [1.54, 1.807) is 30.5 Å². The van der Waals surface area contributed by atoms with Gasteiger partial charge in [0, 0.05) is 18.3 Å². The number of carbonyl (C=O) groups excluding carboxylic acids is 2. The maximum atomic E-state index is 12.2. The Morgan fingerprint density at radius 1 is 1.04 bits per heavy atom. The summed E-state index contributed by atoms with van der Waals surface area (Å²) in [7, 11) is 0. The van der Waals surface area contributed by atoms with Crippen LogP contribution < -0.4 is 15.5 Å². The number of hydrogen-bond acceptors (Lipinski definition) is 4. The van der Waals surface area contributed by atoms with Crippen molar-refractivity contribution < 1.29 is 9.59 Å². The molecule has 0 bridgehead atoms. The summed E-state index contributed by atoms with van der Waals surface area (Å²) in [6.07, 6.45) is 4.47. The molecule has 0 aliphatic carbocycles. The summed E-state index contributed by atoms with van der Waals surface area (Å²) in [5.41, 5.74) is 0.456. The highest BCUT2D eigenvalue weighted by Crippen LogP contribution is 2.21. The minimum atomic E-state index is -0.489. The smallest absolute Gasteiger partial charge is 0.323 e. The van der Waals surface area contributed by atoms with Gasteiger partial charge in [0.15, 0.2) is 0 Å². The van der Waals surface area contributed by atoms with Crippen LogP contribution in [0.2, 0.25) is 0 Å². The zero-order valence-electron chi connectivity index (χ0n) is 13.3. The maximum Gasteiger partial charge on any atom is 0.323 e. The largest absolute Gasteiger partial charge is 0.336 e. The van der Waals surface area contributed by atoms with Crippen molar-refractivity contribution in [3.8, 4) is 0 Å². The molecule has 1 aliphatic rings. The van der Waals surface area contributed by atoms with Gasteiger partial charge in [-0.2, -0.15) is 0 Å². The number of rotatable bonds is 3. The number of piperidine rings is 1. The number of nitrogens with one attached hydrogen (secondary N) is 2. The van der Waals surface area contributed by atoms with Crippen molar-refractivity contribution in [1.82, 2.24) is 15.6 Å². The third kappa shape index (κ3) is 3.90. The van der Waals surface area contributed by atoms with Crippen LogP contribution in [0.3, 0.4) is 0 Å². The normalized spacial score (nSPS) is 17.2. The van der Waals surface area contributed by atoms with E-state index < -0.39 is 11.9 Å². The van der Waals surface area contributed by atoms with Crippen molar-refractivity contribution in [2.75, 3.05) is 11.4 Å². The van der Waals surface area contributed by atoms with E-state index in [-0.39, 0.29) is 6.17 Å². The molecule has 1 aromatic carbocycles. The predicted octanol–water partition coefficient (Wildman–Crippen LogP) is 2.54. The minimum absolute atomic E-state index is 0.169. The Morgan fingerprint density at radius 3 is 2.58 bits per heavy atom. The second-order valence-corrected chi connectivity index (χ2v) is 5.69. The molecule has 124 valence electrons. The zero-order chi connectivity index (χ0) is 16.8. The lowest BCUT2D eigenvalue weighted by Crippen LogP contribution is -2.54. The first-order valence-electron chi connectivity index (χ1n) is 8.08. The molecule has 6 nitrogen and oxygen atoms in total. The minimum Gasteiger partial charge on any atom is -0.336 e. The fourth-order valence-corrected chi connectivity index (χ4v) is 2.83. The molecule has 1 fully saturated rings. The Morgan fingerprint density at radius 2 is 1.83 bits per heavy atom. The quantitative estimate of drug-likeness (QED) is 0.910. The van der Waals surface area contributed by atoms with E-state index in [0.717, 1.165) is 31.6 Å². The van der Waals surface area contributed by atoms with E-state index >= 15 is 0 Å². The van der Waals surface area contributed by atoms with Gasteiger partial charge in [-0.1, -0.05) is 24.3 Å². The molecule has 6 heteroatoms. The van der Waals surface area contributed by atoms with Crippen LogP contribution in [0.1, 0.15) is 29.6 Å². The molecule has 0 radical (unpaired) electrons. The predicted molar refractivity (Wildman–Crippen MR) is 91.7 cm³/mol. The van der Waals surface area contributed by atoms with E-state index in [2.05, 4.69) is 20.5 Å². The number of imide groups is 1. The molecule has 1 aromatic heterocycles. The van der Waals surface area contributed by atoms with Crippen LogP contribution in [0, 0.1) is 0 Å². The van der Waals surface area contributed by atoms with Crippen LogP contribution in [-0.2, 0) is 0 Å². The van der Waals surface area contributed by atoms with E-state index in [0.29, 0.717) is 5.56 Å². The summed E-state index contributed by atoms with van der Waals surface area (Å²) < 4.78 is 0. The Bertz CT molecular complexity index is 691. The lowest BCUT2D eigenvalue weighted by Gasteiger charge is -2.36. The van der Waals surface area contributed by atoms with Crippen LogP contribution in [0.5, 0.6) is 0 Å². The van der Waals surface area contributed by atoms with Crippen LogP contribution in [0.25, 0.3) is 0 Å². The Labute approximate surface area is 140 Å². The number of hydrogen-bond donors (Lipinski definition) is 2. The molecule has 1 atom stereocenters. The molecule has 0 spiro atoms. The van der Waals surface area contributed by atoms with Crippen LogP contribution in [-0.4, -0.2) is 29.6 Å². The second kappa shape index (κ2) is 7.59. The number of nitrogens with zero attached hydrogens (tertiary/aromatic N) is 2. The molecule has 24 heavy (non-hydrogen) atoms. The Balaban J connectivity index is 1.63. The van der Waals surface area contributed by atoms with Crippen molar-refractivity contribution in [3.63, 3.8) is 0 Å². The number of anilines is 1. The first kappa shape index (κ1) is 16.0. The van der Waals surface area contributed by atoms with Gasteiger partial charge >= 0.3 is 6.03 Å². The molecule has 2 N–H and O–H groups in total. The topological polar surface area (TPSA) is 74.3 Å². The van der Waals surface area contributed by atoms with Gasteiger partial charge in [-0.15, -0.1) is 0 Å². The summed E-state index contributed by atoms with van der Waals surface area (Å²) in [5, 5.41) is 5.26. The van der Waals surface area contributed by atoms with Crippen LogP contribution in [0.15, 0.2) is 54.7 Å². The van der Waals surface area contributed by atoms with Crippen molar-refractivity contribution in [2.24, 2.45) is 0 Å². The van der Waals surface area contributed by atoms with Crippen molar-refractivity contribution in [3.05, 3.63) is 60.3 Å². The molecule has 3 rings (SSSR count). The number of amides is 3. The van der Waals surface area contributed by atoms with Crippen LogP contribution >= 0.6 is 0 Å². The molecular formula is C18H20N4O2. The highest BCUT2D eigenvalue weighted by Gasteiger charge is 2.25. The molecule has 2 heterocycles. The monoisotopic (exact) mass is 324 g/mol. The third-order valence-electron chi connectivity index (χ3n) is 4.01. The van der Waals surface area contributed by atoms with Crippen molar-refractivity contribution in [2.45, 2.75) is 25.4 Å². The molecular weight excluding hydrogens is 304 g/mol. The number of urea groups is 1. The number of carbonyl (C=O) groups is 2. The van der Waals surface area contributed by atoms with E-state index in [4.69, 9.17) is 0 Å². The van der Waals surface area contributed by atoms with E-state index in [1.165, 1.54) is 0 Å². The van der Waals surface area contributed by atoms with Gasteiger partial charge in [0.05, 0.1) is 0 Å². The van der Waals surface area contributed by atoms with Crippen molar-refractivity contribution in [1.29, 1.82) is 0 Å². The van der Waals surface area contributed by atoms with Crippen LogP contribution in [0.4, 0.5) is 10.6 Å². The summed E-state index contributed by atoms with van der Waals surface area (Å²) >= 11 is 0. The first-order chi connectivity index (χ1) is 11.7. The van der Waals surface area contributed by atoms with E-state index in [1.807, 2.05) is 24.3 Å². The van der Waals surface area contributed by atoms with Gasteiger partial charge in [0.25, 0.3) is 5.91 Å². The standard InChI is InChI=1S/C18H20N4O2/c23-17(14-8-2-1-3-9-14)21-18(24)20-16-11-5-7-13-22(16)15-10-4-6-12-19-15/h1-4,6,8-10,12,16H,5,7,11,13H2,(H2,20,21,23,24). The fraction of sp³-hybridized carbons (Fsp3) is 0.278. The highest BCUT2D eigenvalue weighted by molar-refractivity contribution is 6.04. The van der Waals surface area contributed by atoms with Gasteiger partial charge in [-0.3, -0.25) is 10.1 Å². The molecule has 1 aliphatic heterocycles. The average molecular weight is 324 g/mol. The molecule has 0 saturated carbocycles. The molecule has 1 unspecified atom stereocenters. The lowest BCUT2D eigenvalue weighted by molar-refractivity contribution is 0.0963. The van der Waals surface area contributed by atoms with Gasteiger partial charge < -0.3 is 10.2 Å². The second-order valence-electron chi connectivity index (χ2n) is 5.69. The highest BCUT2D eigenvalue weighted by atomic mass is 16.2. The summed E-state index contributed by atoms with van der Waals surface area (Å²) in [4.78, 5) is 30.7. The Kier molecular flexibility index (Phi) is 5.05. The summed E-state index contributed by atoms with van der Waals surface area (Å²) in [6.45, 7) is 0.828. The Hall–Kier alpha value is -2.89. The summed E-state index contributed by atoms with van der Waals surface area (Å²) in [6, 6.07) is 13.9. The summed E-state index contributed by atoms with van der Waals surface area (Å²) in [5.74, 6) is 0.421. The van der Waals surface area contributed by atoms with Gasteiger partial charge in [-0.25, -0.2) is 9.78 Å². The maximum absolute atomic E-state index is 12.2. The number of benzene rings is 1. The third-order valence-corrected chi connectivity index (χ3v) is 4.01. The van der Waals surface area contributed by atoms with Gasteiger partial charge in [0.2, 0.25) is 0 Å². The van der Waals surface area contributed by atoms with E-state index in [9.17, 15) is 9.59 Å². The molecule has 2 aromatic rings. The molecule has 1 saturated heterocycles. The zero-order valence-corrected chi connectivity index (χ0v) is 13.3. The first-order valence-corrected chi connectivity index (χ1v) is 8.08. The van der Waals surface area contributed by atoms with Gasteiger partial charge in [-0.05, 0) is 43.5 Å². The SMILES string of the molecule is O=C(NC(=O)c1ccccc1)NC1CCCCN1c1ccccn1. The number of aromatic nitrogens is 1. The molecule has 3 amide bonds. The van der Waals surface area contributed by atoms with Gasteiger partial charge in [0.1, 0.15) is 12.0 Å². The number of pyridine rings is 1. The lowest BCUT2D eigenvalue weighted by atomic mass is 10.1. The average Bonchev–Trinajstić information content (AvgIpc) is 2.63. The van der Waals surface area contributed by atoms with Crippen molar-refractivity contribution >= 4 is 17.8 Å².